The summed E-state index contributed by atoms with van der Waals surface area (Å²) in [6.45, 7) is 7.24. The zero-order valence-corrected chi connectivity index (χ0v) is 13.5. The fraction of sp³-hybridized carbons (Fsp3) is 0.650. The summed E-state index contributed by atoms with van der Waals surface area (Å²) in [4.78, 5) is 11.8. The highest BCUT2D eigenvalue weighted by Crippen LogP contribution is 2.63. The summed E-state index contributed by atoms with van der Waals surface area (Å²) in [6, 6.07) is 0. The molecule has 1 fully saturated rings. The maximum absolute atomic E-state index is 11.8. The Bertz CT molecular complexity index is 593. The molecule has 1 nitrogen and oxygen atoms in total. The predicted molar refractivity (Wildman–Crippen MR) is 85.8 cm³/mol. The van der Waals surface area contributed by atoms with Gasteiger partial charge in [-0.25, -0.2) is 0 Å². The first-order chi connectivity index (χ1) is 9.95. The number of carbonyl (C=O) groups excluding carboxylic acids is 1. The Kier molecular flexibility index (Phi) is 2.72. The summed E-state index contributed by atoms with van der Waals surface area (Å²) >= 11 is 0. The van der Waals surface area contributed by atoms with Crippen LogP contribution < -0.4 is 0 Å². The van der Waals surface area contributed by atoms with Gasteiger partial charge in [-0.2, -0.15) is 0 Å². The number of fused-ring (bicyclic) bond motifs is 5. The maximum atomic E-state index is 11.8. The Balaban J connectivity index is 1.76. The topological polar surface area (TPSA) is 17.1 Å². The standard InChI is InChI=1S/C20H26O/c1-13-4-7-17-16-6-5-14-12-15(21)8-10-20(14,3)18(16)9-11-19(13,17)2/h4-6,12,16-18H,7-11H2,1-3H3. The van der Waals surface area contributed by atoms with E-state index in [0.29, 0.717) is 17.1 Å². The molecule has 0 spiro atoms. The lowest BCUT2D eigenvalue weighted by atomic mass is 9.49. The van der Waals surface area contributed by atoms with Crippen LogP contribution in [0.25, 0.3) is 0 Å². The predicted octanol–water partition coefficient (Wildman–Crippen LogP) is 4.85. The molecule has 21 heavy (non-hydrogen) atoms. The van der Waals surface area contributed by atoms with E-state index in [9.17, 15) is 4.79 Å². The first-order valence-electron chi connectivity index (χ1n) is 8.55. The molecule has 4 aliphatic carbocycles. The third-order valence-electron chi connectivity index (χ3n) is 7.48. The molecule has 1 heteroatoms. The van der Waals surface area contributed by atoms with Gasteiger partial charge in [-0.15, -0.1) is 0 Å². The highest BCUT2D eigenvalue weighted by molar-refractivity contribution is 5.92. The molecule has 0 saturated heterocycles. The molecular formula is C20H26O. The molecule has 5 atom stereocenters. The highest BCUT2D eigenvalue weighted by Gasteiger charge is 2.54. The molecule has 4 aliphatic rings. The molecule has 0 bridgehead atoms. The van der Waals surface area contributed by atoms with Crippen molar-refractivity contribution in [3.8, 4) is 0 Å². The minimum absolute atomic E-state index is 0.241. The summed E-state index contributed by atoms with van der Waals surface area (Å²) < 4.78 is 0. The smallest absolute Gasteiger partial charge is 0.156 e. The van der Waals surface area contributed by atoms with Crippen LogP contribution in [0.4, 0.5) is 0 Å². The van der Waals surface area contributed by atoms with Gasteiger partial charge in [-0.05, 0) is 72.8 Å². The lowest BCUT2D eigenvalue weighted by molar-refractivity contribution is -0.116. The van der Waals surface area contributed by atoms with Crippen molar-refractivity contribution in [2.24, 2.45) is 28.6 Å². The monoisotopic (exact) mass is 282 g/mol. The molecule has 0 heterocycles. The van der Waals surface area contributed by atoms with Gasteiger partial charge in [0.05, 0.1) is 0 Å². The Morgan fingerprint density at radius 1 is 1.14 bits per heavy atom. The summed E-state index contributed by atoms with van der Waals surface area (Å²) in [5, 5.41) is 0. The molecule has 5 unspecified atom stereocenters. The second kappa shape index (κ2) is 4.21. The van der Waals surface area contributed by atoms with E-state index in [-0.39, 0.29) is 5.41 Å². The van der Waals surface area contributed by atoms with Gasteiger partial charge in [0.25, 0.3) is 0 Å². The van der Waals surface area contributed by atoms with Crippen molar-refractivity contribution in [3.05, 3.63) is 35.5 Å². The molecule has 0 N–H and O–H groups in total. The highest BCUT2D eigenvalue weighted by atomic mass is 16.1. The second-order valence-electron chi connectivity index (χ2n) is 8.21. The molecule has 0 aromatic carbocycles. The quantitative estimate of drug-likeness (QED) is 0.580. The molecule has 0 aliphatic heterocycles. The first-order valence-corrected chi connectivity index (χ1v) is 8.55. The van der Waals surface area contributed by atoms with Crippen LogP contribution >= 0.6 is 0 Å². The number of carbonyl (C=O) groups is 1. The SMILES string of the molecule is CC1=CCC2C3C=CC4=CC(=O)CCC4(C)C3CCC12C. The van der Waals surface area contributed by atoms with Crippen LogP contribution in [0.1, 0.15) is 52.9 Å². The minimum atomic E-state index is 0.241. The van der Waals surface area contributed by atoms with Gasteiger partial charge < -0.3 is 0 Å². The van der Waals surface area contributed by atoms with Crippen LogP contribution in [0.3, 0.4) is 0 Å². The summed E-state index contributed by atoms with van der Waals surface area (Å²) in [6.07, 6.45) is 14.8. The first kappa shape index (κ1) is 13.5. The van der Waals surface area contributed by atoms with Crippen molar-refractivity contribution in [2.45, 2.75) is 52.9 Å². The van der Waals surface area contributed by atoms with Gasteiger partial charge in [0.1, 0.15) is 0 Å². The lowest BCUT2D eigenvalue weighted by Gasteiger charge is -2.55. The number of hydrogen-bond donors (Lipinski definition) is 0. The van der Waals surface area contributed by atoms with E-state index in [2.05, 4.69) is 39.0 Å². The zero-order valence-electron chi connectivity index (χ0n) is 13.5. The van der Waals surface area contributed by atoms with Gasteiger partial charge in [-0.1, -0.05) is 37.6 Å². The number of allylic oxidation sites excluding steroid dienone is 6. The Morgan fingerprint density at radius 3 is 2.76 bits per heavy atom. The molecule has 1 saturated carbocycles. The third kappa shape index (κ3) is 1.67. The molecule has 4 rings (SSSR count). The van der Waals surface area contributed by atoms with E-state index in [1.54, 1.807) is 5.57 Å². The number of ketones is 1. The van der Waals surface area contributed by atoms with Crippen molar-refractivity contribution >= 4 is 5.78 Å². The van der Waals surface area contributed by atoms with Crippen molar-refractivity contribution < 1.29 is 4.79 Å². The van der Waals surface area contributed by atoms with E-state index < -0.39 is 0 Å². The zero-order chi connectivity index (χ0) is 14.8. The molecular weight excluding hydrogens is 256 g/mol. The number of hydrogen-bond acceptors (Lipinski definition) is 1. The largest absolute Gasteiger partial charge is 0.295 e. The average Bonchev–Trinajstić information content (AvgIpc) is 2.76. The maximum Gasteiger partial charge on any atom is 0.156 e. The Labute approximate surface area is 128 Å². The van der Waals surface area contributed by atoms with Crippen LogP contribution in [-0.2, 0) is 4.79 Å². The third-order valence-corrected chi connectivity index (χ3v) is 7.48. The molecule has 112 valence electrons. The van der Waals surface area contributed by atoms with Gasteiger partial charge in [-0.3, -0.25) is 4.79 Å². The van der Waals surface area contributed by atoms with Crippen LogP contribution in [0.5, 0.6) is 0 Å². The summed E-state index contributed by atoms with van der Waals surface area (Å²) in [7, 11) is 0. The van der Waals surface area contributed by atoms with E-state index in [0.717, 1.165) is 24.7 Å². The van der Waals surface area contributed by atoms with Crippen molar-refractivity contribution in [1.82, 2.24) is 0 Å². The fourth-order valence-electron chi connectivity index (χ4n) is 5.78. The van der Waals surface area contributed by atoms with E-state index in [4.69, 9.17) is 0 Å². The fourth-order valence-corrected chi connectivity index (χ4v) is 5.78. The van der Waals surface area contributed by atoms with Gasteiger partial charge in [0, 0.05) is 6.42 Å². The second-order valence-corrected chi connectivity index (χ2v) is 8.21. The van der Waals surface area contributed by atoms with Gasteiger partial charge >= 0.3 is 0 Å². The van der Waals surface area contributed by atoms with E-state index >= 15 is 0 Å². The van der Waals surface area contributed by atoms with Crippen LogP contribution in [0.2, 0.25) is 0 Å². The summed E-state index contributed by atoms with van der Waals surface area (Å²) in [5.74, 6) is 2.54. The van der Waals surface area contributed by atoms with E-state index in [1.807, 2.05) is 6.08 Å². The van der Waals surface area contributed by atoms with Gasteiger partial charge in [0.2, 0.25) is 0 Å². The van der Waals surface area contributed by atoms with Crippen molar-refractivity contribution in [1.29, 1.82) is 0 Å². The summed E-state index contributed by atoms with van der Waals surface area (Å²) in [5.41, 5.74) is 3.59. The average molecular weight is 282 g/mol. The van der Waals surface area contributed by atoms with Crippen molar-refractivity contribution in [2.75, 3.05) is 0 Å². The minimum Gasteiger partial charge on any atom is -0.295 e. The van der Waals surface area contributed by atoms with E-state index in [1.165, 1.54) is 24.8 Å². The van der Waals surface area contributed by atoms with Gasteiger partial charge in [0.15, 0.2) is 5.78 Å². The molecule has 0 aromatic rings. The van der Waals surface area contributed by atoms with Crippen LogP contribution in [0.15, 0.2) is 35.5 Å². The Hall–Kier alpha value is -1.11. The van der Waals surface area contributed by atoms with Crippen molar-refractivity contribution in [3.63, 3.8) is 0 Å². The molecule has 0 radical (unpaired) electrons. The normalized spacial score (nSPS) is 48.1. The molecule has 0 amide bonds. The van der Waals surface area contributed by atoms with Crippen LogP contribution in [-0.4, -0.2) is 5.78 Å². The molecule has 0 aromatic heterocycles. The number of rotatable bonds is 0. The van der Waals surface area contributed by atoms with Crippen LogP contribution in [0, 0.1) is 28.6 Å². The lowest BCUT2D eigenvalue weighted by Crippen LogP contribution is -2.48. The Morgan fingerprint density at radius 2 is 1.95 bits per heavy atom.